The van der Waals surface area contributed by atoms with Crippen molar-refractivity contribution in [1.29, 1.82) is 0 Å². The average Bonchev–Trinajstić information content (AvgIpc) is 2.81. The maximum Gasteiger partial charge on any atom is 0.265 e. The summed E-state index contributed by atoms with van der Waals surface area (Å²) in [4.78, 5) is 31.7. The lowest BCUT2D eigenvalue weighted by atomic mass is 10.2. The summed E-state index contributed by atoms with van der Waals surface area (Å²) in [5, 5.41) is 0. The van der Waals surface area contributed by atoms with Crippen LogP contribution in [0.15, 0.2) is 4.79 Å². The van der Waals surface area contributed by atoms with Crippen molar-refractivity contribution >= 4 is 29.2 Å². The molecule has 1 aromatic rings. The molecule has 1 aromatic heterocycles. The van der Waals surface area contributed by atoms with Gasteiger partial charge in [0.05, 0.1) is 5.88 Å². The summed E-state index contributed by atoms with van der Waals surface area (Å²) in [7, 11) is 0. The standard InChI is InChI=1S/C10H13ClN4O2/c11-5-6(16)7-8(12)13-10(14-9(7)17)15-3-1-2-4-15/h1-5H2,(H3,12,13,14,17). The minimum atomic E-state index is -0.523. The predicted molar refractivity (Wildman–Crippen MR) is 65.8 cm³/mol. The van der Waals surface area contributed by atoms with Gasteiger partial charge in [-0.1, -0.05) is 0 Å². The van der Waals surface area contributed by atoms with Crippen LogP contribution in [0.3, 0.4) is 0 Å². The van der Waals surface area contributed by atoms with E-state index in [1.54, 1.807) is 0 Å². The molecule has 1 aliphatic heterocycles. The van der Waals surface area contributed by atoms with E-state index in [1.807, 2.05) is 4.90 Å². The maximum atomic E-state index is 11.7. The van der Waals surface area contributed by atoms with E-state index in [4.69, 9.17) is 17.3 Å². The van der Waals surface area contributed by atoms with Crippen LogP contribution in [0.5, 0.6) is 0 Å². The van der Waals surface area contributed by atoms with Crippen molar-refractivity contribution in [1.82, 2.24) is 9.97 Å². The lowest BCUT2D eigenvalue weighted by Crippen LogP contribution is -2.28. The fraction of sp³-hybridized carbons (Fsp3) is 0.500. The second kappa shape index (κ2) is 4.75. The summed E-state index contributed by atoms with van der Waals surface area (Å²) in [6.07, 6.45) is 2.12. The second-order valence-corrected chi connectivity index (χ2v) is 4.17. The van der Waals surface area contributed by atoms with Crippen LogP contribution in [0, 0.1) is 0 Å². The summed E-state index contributed by atoms with van der Waals surface area (Å²) in [5.74, 6) is -0.416. The minimum Gasteiger partial charge on any atom is -0.383 e. The van der Waals surface area contributed by atoms with Gasteiger partial charge in [-0.15, -0.1) is 11.6 Å². The Morgan fingerprint density at radius 2 is 2.12 bits per heavy atom. The highest BCUT2D eigenvalue weighted by Gasteiger charge is 2.20. The van der Waals surface area contributed by atoms with Crippen LogP contribution < -0.4 is 16.2 Å². The summed E-state index contributed by atoms with van der Waals surface area (Å²) < 4.78 is 0. The number of rotatable bonds is 3. The largest absolute Gasteiger partial charge is 0.383 e. The Balaban J connectivity index is 2.41. The van der Waals surface area contributed by atoms with Crippen molar-refractivity contribution in [3.05, 3.63) is 15.9 Å². The van der Waals surface area contributed by atoms with Gasteiger partial charge in [0.15, 0.2) is 5.78 Å². The van der Waals surface area contributed by atoms with Crippen LogP contribution in [0.4, 0.5) is 11.8 Å². The number of H-pyrrole nitrogens is 1. The first-order valence-electron chi connectivity index (χ1n) is 5.37. The molecule has 3 N–H and O–H groups in total. The zero-order valence-electron chi connectivity index (χ0n) is 9.20. The lowest BCUT2D eigenvalue weighted by Gasteiger charge is -2.16. The molecular weight excluding hydrogens is 244 g/mol. The van der Waals surface area contributed by atoms with E-state index in [0.717, 1.165) is 25.9 Å². The molecule has 0 aliphatic carbocycles. The Morgan fingerprint density at radius 1 is 1.47 bits per heavy atom. The lowest BCUT2D eigenvalue weighted by molar-refractivity contribution is 0.102. The predicted octanol–water partition coefficient (Wildman–Crippen LogP) is 0.374. The second-order valence-electron chi connectivity index (χ2n) is 3.90. The molecule has 6 nitrogen and oxygen atoms in total. The van der Waals surface area contributed by atoms with E-state index in [9.17, 15) is 9.59 Å². The van der Waals surface area contributed by atoms with E-state index in [-0.39, 0.29) is 17.3 Å². The Hall–Kier alpha value is -1.56. The van der Waals surface area contributed by atoms with Gasteiger partial charge in [-0.3, -0.25) is 14.6 Å². The molecule has 1 aliphatic rings. The SMILES string of the molecule is Nc1nc(N2CCCC2)[nH]c(=O)c1C(=O)CCl. The summed E-state index contributed by atoms with van der Waals surface area (Å²) in [5.41, 5.74) is 4.96. The normalized spacial score (nSPS) is 15.2. The molecular formula is C10H13ClN4O2. The number of aromatic amines is 1. The molecule has 0 bridgehead atoms. The number of carbonyl (C=O) groups is 1. The number of nitrogens with two attached hydrogens (primary N) is 1. The molecule has 2 heterocycles. The maximum absolute atomic E-state index is 11.7. The van der Waals surface area contributed by atoms with Gasteiger partial charge in [0, 0.05) is 13.1 Å². The first-order chi connectivity index (χ1) is 8.13. The van der Waals surface area contributed by atoms with Crippen LogP contribution in [-0.2, 0) is 0 Å². The molecule has 17 heavy (non-hydrogen) atoms. The Kier molecular flexibility index (Phi) is 3.33. The van der Waals surface area contributed by atoms with E-state index in [2.05, 4.69) is 9.97 Å². The van der Waals surface area contributed by atoms with Gasteiger partial charge in [0.2, 0.25) is 5.95 Å². The number of aromatic nitrogens is 2. The molecule has 2 rings (SSSR count). The third-order valence-corrected chi connectivity index (χ3v) is 2.98. The molecule has 0 unspecified atom stereocenters. The molecule has 92 valence electrons. The van der Waals surface area contributed by atoms with Gasteiger partial charge < -0.3 is 10.6 Å². The number of nitrogens with zero attached hydrogens (tertiary/aromatic N) is 2. The van der Waals surface area contributed by atoms with Gasteiger partial charge in [0.25, 0.3) is 5.56 Å². The highest BCUT2D eigenvalue weighted by molar-refractivity contribution is 6.31. The number of carbonyl (C=O) groups excluding carboxylic acids is 1. The van der Waals surface area contributed by atoms with Crippen molar-refractivity contribution < 1.29 is 4.79 Å². The van der Waals surface area contributed by atoms with Crippen LogP contribution in [0.25, 0.3) is 0 Å². The number of nitrogens with one attached hydrogen (secondary N) is 1. The number of hydrogen-bond acceptors (Lipinski definition) is 5. The first kappa shape index (κ1) is 11.9. The van der Waals surface area contributed by atoms with Crippen LogP contribution >= 0.6 is 11.6 Å². The number of ketones is 1. The molecule has 7 heteroatoms. The number of nitrogen functional groups attached to an aromatic ring is 1. The van der Waals surface area contributed by atoms with Gasteiger partial charge in [-0.25, -0.2) is 0 Å². The number of halogens is 1. The monoisotopic (exact) mass is 256 g/mol. The van der Waals surface area contributed by atoms with Gasteiger partial charge >= 0.3 is 0 Å². The molecule has 0 aromatic carbocycles. The van der Waals surface area contributed by atoms with E-state index >= 15 is 0 Å². The van der Waals surface area contributed by atoms with Crippen LogP contribution in [-0.4, -0.2) is 34.7 Å². The molecule has 1 fully saturated rings. The number of Topliss-reactive ketones (excluding diaryl/α,β-unsaturated/α-hetero) is 1. The van der Waals surface area contributed by atoms with E-state index < -0.39 is 11.3 Å². The highest BCUT2D eigenvalue weighted by atomic mass is 35.5. The van der Waals surface area contributed by atoms with Crippen LogP contribution in [0.1, 0.15) is 23.2 Å². The van der Waals surface area contributed by atoms with Crippen molar-refractivity contribution in [2.24, 2.45) is 0 Å². The van der Waals surface area contributed by atoms with Gasteiger partial charge in [-0.2, -0.15) is 4.98 Å². The van der Waals surface area contributed by atoms with Crippen LogP contribution in [0.2, 0.25) is 0 Å². The third kappa shape index (κ3) is 2.26. The molecule has 0 spiro atoms. The smallest absolute Gasteiger partial charge is 0.265 e. The summed E-state index contributed by atoms with van der Waals surface area (Å²) >= 11 is 5.40. The van der Waals surface area contributed by atoms with E-state index in [1.165, 1.54) is 0 Å². The molecule has 0 atom stereocenters. The Labute approximate surface area is 103 Å². The first-order valence-corrected chi connectivity index (χ1v) is 5.91. The van der Waals surface area contributed by atoms with Crippen molar-refractivity contribution in [2.45, 2.75) is 12.8 Å². The molecule has 1 saturated heterocycles. The zero-order valence-corrected chi connectivity index (χ0v) is 9.96. The quantitative estimate of drug-likeness (QED) is 0.602. The van der Waals surface area contributed by atoms with Crippen molar-refractivity contribution in [2.75, 3.05) is 29.6 Å². The average molecular weight is 257 g/mol. The Bertz CT molecular complexity index is 494. The third-order valence-electron chi connectivity index (χ3n) is 2.74. The molecule has 0 saturated carbocycles. The fourth-order valence-electron chi connectivity index (χ4n) is 1.89. The number of anilines is 2. The van der Waals surface area contributed by atoms with Gasteiger partial charge in [-0.05, 0) is 12.8 Å². The highest BCUT2D eigenvalue weighted by Crippen LogP contribution is 2.16. The van der Waals surface area contributed by atoms with Crippen molar-refractivity contribution in [3.63, 3.8) is 0 Å². The van der Waals surface area contributed by atoms with Crippen molar-refractivity contribution in [3.8, 4) is 0 Å². The minimum absolute atomic E-state index is 0.0544. The molecule has 0 radical (unpaired) electrons. The zero-order chi connectivity index (χ0) is 12.4. The number of alkyl halides is 1. The van der Waals surface area contributed by atoms with E-state index in [0.29, 0.717) is 5.95 Å². The fourth-order valence-corrected chi connectivity index (χ4v) is 2.03. The van der Waals surface area contributed by atoms with Gasteiger partial charge in [0.1, 0.15) is 11.4 Å². The molecule has 0 amide bonds. The topological polar surface area (TPSA) is 92.1 Å². The Morgan fingerprint density at radius 3 is 2.65 bits per heavy atom. The number of hydrogen-bond donors (Lipinski definition) is 2. The summed E-state index contributed by atoms with van der Waals surface area (Å²) in [6, 6.07) is 0. The summed E-state index contributed by atoms with van der Waals surface area (Å²) in [6.45, 7) is 1.68.